The van der Waals surface area contributed by atoms with E-state index < -0.39 is 75.7 Å². The maximum absolute atomic E-state index is 12.8. The van der Waals surface area contributed by atoms with Crippen LogP contribution in [0, 0.1) is 0 Å². The van der Waals surface area contributed by atoms with Gasteiger partial charge in [-0.3, -0.25) is 18.6 Å². The first-order valence-corrected chi connectivity index (χ1v) is 24.9. The monoisotopic (exact) mass is 887 g/mol. The fourth-order valence-electron chi connectivity index (χ4n) is 6.82. The van der Waals surface area contributed by atoms with Crippen LogP contribution in [0.15, 0.2) is 48.6 Å². The number of aliphatic hydroxyl groups excluding tert-OH is 5. The molecule has 14 heteroatoms. The quantitative estimate of drug-likeness (QED) is 0.0148. The number of hydrogen-bond acceptors (Lipinski definition) is 12. The third kappa shape index (κ3) is 29.7. The SMILES string of the molecule is CCCCCC=CCC=CCC=CCCCCCCC(=O)OC(COC(=O)CCCCCCCCCC=CCCCCCC)COP(=O)(O)OC1C(O)C(O)C(O)C(O)C1O. The van der Waals surface area contributed by atoms with Crippen molar-refractivity contribution in [3.05, 3.63) is 48.6 Å². The normalized spacial score (nSPS) is 22.4. The van der Waals surface area contributed by atoms with Crippen LogP contribution in [0.2, 0.25) is 0 Å². The molecule has 354 valence electrons. The Balaban J connectivity index is 2.48. The van der Waals surface area contributed by atoms with Crippen molar-refractivity contribution in [3.8, 4) is 0 Å². The summed E-state index contributed by atoms with van der Waals surface area (Å²) in [7, 11) is -5.13. The molecule has 0 aromatic carbocycles. The zero-order chi connectivity index (χ0) is 45.0. The van der Waals surface area contributed by atoms with Crippen molar-refractivity contribution in [2.24, 2.45) is 0 Å². The van der Waals surface area contributed by atoms with E-state index in [4.69, 9.17) is 18.5 Å². The summed E-state index contributed by atoms with van der Waals surface area (Å²) in [5, 5.41) is 50.1. The summed E-state index contributed by atoms with van der Waals surface area (Å²) in [6.45, 7) is 3.23. The van der Waals surface area contributed by atoms with Gasteiger partial charge in [-0.15, -0.1) is 0 Å². The Kier molecular flexibility index (Phi) is 34.7. The van der Waals surface area contributed by atoms with Gasteiger partial charge in [-0.1, -0.05) is 140 Å². The lowest BCUT2D eigenvalue weighted by molar-refractivity contribution is -0.220. The number of hydrogen-bond donors (Lipinski definition) is 6. The van der Waals surface area contributed by atoms with Crippen LogP contribution in [0.4, 0.5) is 0 Å². The fourth-order valence-corrected chi connectivity index (χ4v) is 7.79. The summed E-state index contributed by atoms with van der Waals surface area (Å²) in [4.78, 5) is 35.7. The second-order valence-electron chi connectivity index (χ2n) is 16.3. The number of ether oxygens (including phenoxy) is 2. The van der Waals surface area contributed by atoms with Gasteiger partial charge in [0.25, 0.3) is 0 Å². The minimum Gasteiger partial charge on any atom is -0.462 e. The first kappa shape index (κ1) is 56.8. The Morgan fingerprint density at radius 1 is 0.508 bits per heavy atom. The number of phosphoric acid groups is 1. The standard InChI is InChI=1S/C47H83O13P/c1-3-5-7-9-11-13-15-17-19-20-22-24-26-28-30-32-34-36-41(49)59-39(38-58-61(55,56)60-47-45(53)43(51)42(50)44(52)46(47)54)37-57-40(48)35-33-31-29-27-25-23-21-18-16-14-12-10-8-6-4-2/h11,13-14,16-17,19,22,24,39,42-47,50-54H,3-10,12,15,18,20-21,23,25-38H2,1-2H3,(H,55,56). The fraction of sp³-hybridized carbons (Fsp3) is 0.787. The molecule has 0 heterocycles. The van der Waals surface area contributed by atoms with E-state index in [0.717, 1.165) is 77.0 Å². The second kappa shape index (κ2) is 37.2. The van der Waals surface area contributed by atoms with Crippen molar-refractivity contribution in [1.29, 1.82) is 0 Å². The van der Waals surface area contributed by atoms with E-state index >= 15 is 0 Å². The molecule has 1 aliphatic rings. The van der Waals surface area contributed by atoms with Crippen molar-refractivity contribution in [2.45, 2.75) is 224 Å². The number of aliphatic hydroxyl groups is 5. The summed E-state index contributed by atoms with van der Waals surface area (Å²) in [5.41, 5.74) is 0. The van der Waals surface area contributed by atoms with E-state index in [1.807, 2.05) is 0 Å². The van der Waals surface area contributed by atoms with E-state index in [9.17, 15) is 44.6 Å². The topological polar surface area (TPSA) is 210 Å². The van der Waals surface area contributed by atoms with Crippen LogP contribution in [0.25, 0.3) is 0 Å². The summed E-state index contributed by atoms with van der Waals surface area (Å²) in [6.07, 6.45) is 30.1. The van der Waals surface area contributed by atoms with Crippen LogP contribution in [0.3, 0.4) is 0 Å². The maximum atomic E-state index is 12.8. The molecule has 0 amide bonds. The minimum atomic E-state index is -5.13. The minimum absolute atomic E-state index is 0.0692. The summed E-state index contributed by atoms with van der Waals surface area (Å²) < 4.78 is 33.5. The average molecular weight is 887 g/mol. The van der Waals surface area contributed by atoms with Crippen molar-refractivity contribution >= 4 is 19.8 Å². The van der Waals surface area contributed by atoms with Gasteiger partial charge in [0.2, 0.25) is 0 Å². The van der Waals surface area contributed by atoms with E-state index in [1.165, 1.54) is 64.2 Å². The molecule has 0 saturated heterocycles. The molecule has 1 saturated carbocycles. The average Bonchev–Trinajstić information content (AvgIpc) is 3.24. The Bertz CT molecular complexity index is 1250. The Labute approximate surface area is 367 Å². The van der Waals surface area contributed by atoms with Gasteiger partial charge in [-0.2, -0.15) is 0 Å². The molecule has 0 spiro atoms. The lowest BCUT2D eigenvalue weighted by Gasteiger charge is -2.41. The molecule has 0 aliphatic heterocycles. The van der Waals surface area contributed by atoms with E-state index in [0.29, 0.717) is 12.8 Å². The molecular formula is C47H83O13P. The molecular weight excluding hydrogens is 803 g/mol. The van der Waals surface area contributed by atoms with Crippen LogP contribution in [-0.2, 0) is 32.7 Å². The van der Waals surface area contributed by atoms with Gasteiger partial charge in [0.05, 0.1) is 6.61 Å². The lowest BCUT2D eigenvalue weighted by Crippen LogP contribution is -2.64. The largest absolute Gasteiger partial charge is 0.472 e. The number of allylic oxidation sites excluding steroid dienone is 8. The predicted molar refractivity (Wildman–Crippen MR) is 239 cm³/mol. The Morgan fingerprint density at radius 2 is 0.885 bits per heavy atom. The van der Waals surface area contributed by atoms with Gasteiger partial charge < -0.3 is 39.9 Å². The third-order valence-electron chi connectivity index (χ3n) is 10.6. The van der Waals surface area contributed by atoms with Crippen LogP contribution in [0.1, 0.15) is 181 Å². The Morgan fingerprint density at radius 3 is 1.39 bits per heavy atom. The van der Waals surface area contributed by atoms with E-state index in [1.54, 1.807) is 0 Å². The van der Waals surface area contributed by atoms with Gasteiger partial charge in [0.15, 0.2) is 6.10 Å². The molecule has 1 aliphatic carbocycles. The van der Waals surface area contributed by atoms with Crippen molar-refractivity contribution < 1.29 is 63.1 Å². The molecule has 6 N–H and O–H groups in total. The number of unbranched alkanes of at least 4 members (excludes halogenated alkanes) is 18. The highest BCUT2D eigenvalue weighted by molar-refractivity contribution is 7.47. The second-order valence-corrected chi connectivity index (χ2v) is 17.7. The number of carbonyl (C=O) groups is 2. The van der Waals surface area contributed by atoms with Gasteiger partial charge in [-0.05, 0) is 77.0 Å². The molecule has 6 unspecified atom stereocenters. The van der Waals surface area contributed by atoms with Gasteiger partial charge in [-0.25, -0.2) is 4.57 Å². The maximum Gasteiger partial charge on any atom is 0.472 e. The molecule has 13 nitrogen and oxygen atoms in total. The molecule has 0 radical (unpaired) electrons. The molecule has 61 heavy (non-hydrogen) atoms. The van der Waals surface area contributed by atoms with Crippen LogP contribution in [0.5, 0.6) is 0 Å². The van der Waals surface area contributed by atoms with Crippen molar-refractivity contribution in [1.82, 2.24) is 0 Å². The van der Waals surface area contributed by atoms with Crippen LogP contribution in [-0.4, -0.2) is 98.3 Å². The van der Waals surface area contributed by atoms with Crippen LogP contribution < -0.4 is 0 Å². The smallest absolute Gasteiger partial charge is 0.462 e. The van der Waals surface area contributed by atoms with E-state index in [2.05, 4.69) is 62.5 Å². The molecule has 1 rings (SSSR count). The summed E-state index contributed by atoms with van der Waals surface area (Å²) in [5.74, 6) is -1.13. The molecule has 0 bridgehead atoms. The zero-order valence-electron chi connectivity index (χ0n) is 37.4. The lowest BCUT2D eigenvalue weighted by atomic mass is 9.85. The first-order valence-electron chi connectivity index (χ1n) is 23.4. The zero-order valence-corrected chi connectivity index (χ0v) is 38.3. The summed E-state index contributed by atoms with van der Waals surface area (Å²) in [6, 6.07) is 0. The van der Waals surface area contributed by atoms with Crippen molar-refractivity contribution in [2.75, 3.05) is 13.2 Å². The van der Waals surface area contributed by atoms with E-state index in [-0.39, 0.29) is 12.8 Å². The van der Waals surface area contributed by atoms with Gasteiger partial charge >= 0.3 is 19.8 Å². The van der Waals surface area contributed by atoms with Gasteiger partial charge in [0, 0.05) is 12.8 Å². The number of esters is 2. The number of rotatable bonds is 38. The number of phosphoric ester groups is 1. The number of carbonyl (C=O) groups excluding carboxylic acids is 2. The van der Waals surface area contributed by atoms with Crippen molar-refractivity contribution in [3.63, 3.8) is 0 Å². The molecule has 6 atom stereocenters. The third-order valence-corrected chi connectivity index (χ3v) is 11.6. The van der Waals surface area contributed by atoms with Gasteiger partial charge in [0.1, 0.15) is 43.2 Å². The Hall–Kier alpha value is -2.19. The molecule has 1 fully saturated rings. The molecule has 0 aromatic heterocycles. The van der Waals surface area contributed by atoms with Crippen LogP contribution >= 0.6 is 7.82 Å². The molecule has 0 aromatic rings. The predicted octanol–water partition coefficient (Wildman–Crippen LogP) is 9.17. The first-order chi connectivity index (χ1) is 29.4. The highest BCUT2D eigenvalue weighted by atomic mass is 31.2. The summed E-state index contributed by atoms with van der Waals surface area (Å²) >= 11 is 0. The highest BCUT2D eigenvalue weighted by Crippen LogP contribution is 2.47. The highest BCUT2D eigenvalue weighted by Gasteiger charge is 2.51.